The lowest BCUT2D eigenvalue weighted by molar-refractivity contribution is -0.151. The summed E-state index contributed by atoms with van der Waals surface area (Å²) < 4.78 is 5.96. The lowest BCUT2D eigenvalue weighted by Gasteiger charge is -2.36. The maximum atomic E-state index is 13.7. The summed E-state index contributed by atoms with van der Waals surface area (Å²) in [6, 6.07) is 15.3. The van der Waals surface area contributed by atoms with Crippen molar-refractivity contribution in [3.8, 4) is 11.3 Å². The van der Waals surface area contributed by atoms with Crippen LogP contribution in [-0.4, -0.2) is 50.2 Å². The van der Waals surface area contributed by atoms with Crippen LogP contribution < -0.4 is 0 Å². The topological polar surface area (TPSA) is 128 Å². The van der Waals surface area contributed by atoms with Crippen LogP contribution in [0.25, 0.3) is 11.3 Å². The number of hydrogen-bond donors (Lipinski definition) is 3. The zero-order valence-electron chi connectivity index (χ0n) is 18.1. The van der Waals surface area contributed by atoms with Crippen LogP contribution in [0.3, 0.4) is 0 Å². The van der Waals surface area contributed by atoms with Gasteiger partial charge < -0.3 is 24.6 Å². The van der Waals surface area contributed by atoms with Crippen LogP contribution >= 0.6 is 11.6 Å². The van der Waals surface area contributed by atoms with Crippen molar-refractivity contribution in [2.24, 2.45) is 5.92 Å². The third-order valence-corrected chi connectivity index (χ3v) is 6.55. The number of carboxylic acid groups (broad SMARTS) is 2. The summed E-state index contributed by atoms with van der Waals surface area (Å²) in [5.74, 6) is -4.30. The standard InChI is InChI=1S/C25H22ClNO7/c1-14-4-2-3-5-17(14)22(29)27-21(18(23(30)31)12-25(27,13-28)24(32)33)20-11-10-19(34-20)15-6-8-16(26)9-7-15/h2-11,18,21,28H,12-13H2,1H3,(H,30,31)(H,32,33). The van der Waals surface area contributed by atoms with E-state index in [2.05, 4.69) is 0 Å². The van der Waals surface area contributed by atoms with Gasteiger partial charge in [0.2, 0.25) is 0 Å². The number of carbonyl (C=O) groups excluding carboxylic acids is 1. The van der Waals surface area contributed by atoms with Crippen LogP contribution in [0.15, 0.2) is 65.1 Å². The van der Waals surface area contributed by atoms with Gasteiger partial charge in [-0.2, -0.15) is 0 Å². The van der Waals surface area contributed by atoms with Gasteiger partial charge in [0, 0.05) is 16.1 Å². The SMILES string of the molecule is Cc1ccccc1C(=O)N1C(c2ccc(-c3ccc(Cl)cc3)o2)C(C(=O)O)CC1(CO)C(=O)O. The predicted octanol–water partition coefficient (Wildman–Crippen LogP) is 4.01. The molecule has 9 heteroatoms. The van der Waals surface area contributed by atoms with Crippen molar-refractivity contribution in [3.63, 3.8) is 0 Å². The number of aryl methyl sites for hydroxylation is 1. The Hall–Kier alpha value is -3.62. The van der Waals surface area contributed by atoms with E-state index in [1.807, 2.05) is 0 Å². The molecule has 0 spiro atoms. The molecule has 4 rings (SSSR count). The maximum absolute atomic E-state index is 13.7. The van der Waals surface area contributed by atoms with Gasteiger partial charge in [-0.3, -0.25) is 9.59 Å². The van der Waals surface area contributed by atoms with Crippen molar-refractivity contribution >= 4 is 29.4 Å². The molecule has 2 aromatic carbocycles. The van der Waals surface area contributed by atoms with Crippen LogP contribution in [0.1, 0.15) is 34.1 Å². The van der Waals surface area contributed by atoms with E-state index in [1.165, 1.54) is 12.1 Å². The number of rotatable bonds is 6. The number of nitrogens with zero attached hydrogens (tertiary/aromatic N) is 1. The molecule has 0 radical (unpaired) electrons. The molecule has 34 heavy (non-hydrogen) atoms. The van der Waals surface area contributed by atoms with E-state index < -0.39 is 48.4 Å². The molecule has 1 amide bonds. The Morgan fingerprint density at radius 2 is 1.74 bits per heavy atom. The number of furan rings is 1. The Labute approximate surface area is 200 Å². The van der Waals surface area contributed by atoms with Crippen LogP contribution in [0, 0.1) is 12.8 Å². The van der Waals surface area contributed by atoms with Crippen molar-refractivity contribution in [3.05, 3.63) is 82.6 Å². The number of likely N-dealkylation sites (tertiary alicyclic amines) is 1. The highest BCUT2D eigenvalue weighted by Gasteiger charge is 2.61. The number of amides is 1. The Morgan fingerprint density at radius 1 is 1.06 bits per heavy atom. The van der Waals surface area contributed by atoms with Gasteiger partial charge in [-0.1, -0.05) is 29.8 Å². The van der Waals surface area contributed by atoms with E-state index in [9.17, 15) is 29.7 Å². The molecule has 1 fully saturated rings. The summed E-state index contributed by atoms with van der Waals surface area (Å²) in [4.78, 5) is 39.3. The van der Waals surface area contributed by atoms with Gasteiger partial charge in [0.1, 0.15) is 17.6 Å². The second-order valence-corrected chi connectivity index (χ2v) is 8.72. The number of aliphatic hydroxyl groups excluding tert-OH is 1. The van der Waals surface area contributed by atoms with E-state index in [0.717, 1.165) is 4.90 Å². The highest BCUT2D eigenvalue weighted by Crippen LogP contribution is 2.49. The van der Waals surface area contributed by atoms with Gasteiger partial charge >= 0.3 is 11.9 Å². The molecule has 3 atom stereocenters. The van der Waals surface area contributed by atoms with E-state index in [-0.39, 0.29) is 11.3 Å². The zero-order chi connectivity index (χ0) is 24.6. The van der Waals surface area contributed by atoms with Gasteiger partial charge in [-0.15, -0.1) is 0 Å². The largest absolute Gasteiger partial charge is 0.481 e. The molecule has 8 nitrogen and oxygen atoms in total. The number of aliphatic hydroxyl groups is 1. The summed E-state index contributed by atoms with van der Waals surface area (Å²) in [7, 11) is 0. The molecule has 176 valence electrons. The summed E-state index contributed by atoms with van der Waals surface area (Å²) in [6.45, 7) is 0.741. The van der Waals surface area contributed by atoms with Crippen molar-refractivity contribution < 1.29 is 34.1 Å². The van der Waals surface area contributed by atoms with Gasteiger partial charge in [-0.25, -0.2) is 4.79 Å². The van der Waals surface area contributed by atoms with Crippen molar-refractivity contribution in [2.75, 3.05) is 6.61 Å². The summed E-state index contributed by atoms with van der Waals surface area (Å²) >= 11 is 5.94. The minimum atomic E-state index is -2.14. The lowest BCUT2D eigenvalue weighted by atomic mass is 9.91. The highest BCUT2D eigenvalue weighted by molar-refractivity contribution is 6.30. The molecule has 1 aromatic heterocycles. The van der Waals surface area contributed by atoms with Gasteiger partial charge in [0.25, 0.3) is 5.91 Å². The second kappa shape index (κ2) is 8.96. The number of benzene rings is 2. The number of carbonyl (C=O) groups is 3. The molecule has 0 saturated carbocycles. The van der Waals surface area contributed by atoms with E-state index in [4.69, 9.17) is 16.0 Å². The average Bonchev–Trinajstić information content (AvgIpc) is 3.43. The van der Waals surface area contributed by atoms with Crippen molar-refractivity contribution in [1.29, 1.82) is 0 Å². The minimum Gasteiger partial charge on any atom is -0.481 e. The smallest absolute Gasteiger partial charge is 0.332 e. The van der Waals surface area contributed by atoms with Gasteiger partial charge in [-0.05, 0) is 61.4 Å². The van der Waals surface area contributed by atoms with Crippen LogP contribution in [0.5, 0.6) is 0 Å². The summed E-state index contributed by atoms with van der Waals surface area (Å²) in [5.41, 5.74) is -0.671. The van der Waals surface area contributed by atoms with Crippen LogP contribution in [0.2, 0.25) is 5.02 Å². The number of carboxylic acids is 2. The van der Waals surface area contributed by atoms with Crippen molar-refractivity contribution in [2.45, 2.75) is 24.9 Å². The van der Waals surface area contributed by atoms with E-state index in [1.54, 1.807) is 55.5 Å². The molecule has 1 saturated heterocycles. The van der Waals surface area contributed by atoms with Crippen LogP contribution in [-0.2, 0) is 9.59 Å². The van der Waals surface area contributed by atoms with Crippen molar-refractivity contribution in [1.82, 2.24) is 4.90 Å². The third-order valence-electron chi connectivity index (χ3n) is 6.30. The monoisotopic (exact) mass is 483 g/mol. The Bertz CT molecular complexity index is 1250. The molecule has 0 bridgehead atoms. The summed E-state index contributed by atoms with van der Waals surface area (Å²) in [6.07, 6.45) is -0.479. The molecule has 3 N–H and O–H groups in total. The number of halogens is 1. The normalized spacial score (nSPS) is 22.0. The molecule has 3 aromatic rings. The quantitative estimate of drug-likeness (QED) is 0.483. The first-order valence-electron chi connectivity index (χ1n) is 10.5. The Kier molecular flexibility index (Phi) is 6.20. The molecule has 2 heterocycles. The molecular formula is C25H22ClNO7. The van der Waals surface area contributed by atoms with Gasteiger partial charge in [0.15, 0.2) is 5.54 Å². The minimum absolute atomic E-state index is 0.107. The molecule has 1 aliphatic rings. The molecular weight excluding hydrogens is 462 g/mol. The Balaban J connectivity index is 1.87. The van der Waals surface area contributed by atoms with E-state index >= 15 is 0 Å². The predicted molar refractivity (Wildman–Crippen MR) is 122 cm³/mol. The first-order chi connectivity index (χ1) is 16.2. The maximum Gasteiger partial charge on any atom is 0.332 e. The number of hydrogen-bond acceptors (Lipinski definition) is 5. The second-order valence-electron chi connectivity index (χ2n) is 8.29. The van der Waals surface area contributed by atoms with Gasteiger partial charge in [0.05, 0.1) is 12.5 Å². The Morgan fingerprint density at radius 3 is 2.32 bits per heavy atom. The van der Waals surface area contributed by atoms with E-state index in [0.29, 0.717) is 21.9 Å². The number of aliphatic carboxylic acids is 2. The fraction of sp³-hybridized carbons (Fsp3) is 0.240. The fourth-order valence-corrected chi connectivity index (χ4v) is 4.64. The highest BCUT2D eigenvalue weighted by atomic mass is 35.5. The van der Waals surface area contributed by atoms with Crippen LogP contribution in [0.4, 0.5) is 0 Å². The first kappa shape index (κ1) is 23.5. The molecule has 1 aliphatic heterocycles. The summed E-state index contributed by atoms with van der Waals surface area (Å²) in [5, 5.41) is 30.8. The first-order valence-corrected chi connectivity index (χ1v) is 10.9. The molecule has 0 aliphatic carbocycles. The third kappa shape index (κ3) is 3.85. The molecule has 3 unspecified atom stereocenters. The lowest BCUT2D eigenvalue weighted by Crippen LogP contribution is -2.56. The zero-order valence-corrected chi connectivity index (χ0v) is 18.9. The average molecular weight is 484 g/mol. The fourth-order valence-electron chi connectivity index (χ4n) is 4.51.